The number of allylic oxidation sites excluding steroid dienone is 2. The summed E-state index contributed by atoms with van der Waals surface area (Å²) in [6.45, 7) is 0. The molecule has 2 heterocycles. The van der Waals surface area contributed by atoms with E-state index in [2.05, 4.69) is 21.4 Å². The number of nitrogens with zero attached hydrogens (tertiary/aromatic N) is 2. The van der Waals surface area contributed by atoms with Crippen molar-refractivity contribution in [3.8, 4) is 11.5 Å². The van der Waals surface area contributed by atoms with Crippen LogP contribution in [0.3, 0.4) is 0 Å². The van der Waals surface area contributed by atoms with Crippen LogP contribution in [0.2, 0.25) is 5.02 Å². The molecule has 3 fully saturated rings. The summed E-state index contributed by atoms with van der Waals surface area (Å²) in [5, 5.41) is 21.8. The number of halogens is 3. The van der Waals surface area contributed by atoms with Crippen molar-refractivity contribution in [2.24, 2.45) is 23.7 Å². The molecular weight excluding hydrogens is 785 g/mol. The van der Waals surface area contributed by atoms with Crippen LogP contribution < -0.4 is 15.1 Å². The van der Waals surface area contributed by atoms with Crippen molar-refractivity contribution in [1.82, 2.24) is 5.01 Å². The smallest absolute Gasteiger partial charge is 0.335 e. The summed E-state index contributed by atoms with van der Waals surface area (Å²) in [4.78, 5) is 71.5. The first-order valence-electron chi connectivity index (χ1n) is 17.0. The number of amides is 4. The Morgan fingerprint density at radius 2 is 1.69 bits per heavy atom. The minimum atomic E-state index is -1.65. The van der Waals surface area contributed by atoms with E-state index in [9.17, 15) is 33.8 Å². The van der Waals surface area contributed by atoms with Gasteiger partial charge in [-0.05, 0) is 113 Å². The second kappa shape index (κ2) is 13.1. The van der Waals surface area contributed by atoms with E-state index in [0.29, 0.717) is 21.7 Å². The fourth-order valence-electron chi connectivity index (χ4n) is 8.98. The Morgan fingerprint density at radius 3 is 2.37 bits per heavy atom. The third-order valence-corrected chi connectivity index (χ3v) is 12.1. The average Bonchev–Trinajstić information content (AvgIpc) is 3.54. The fraction of sp³-hybridized carbons (Fsp3) is 0.225. The van der Waals surface area contributed by atoms with Gasteiger partial charge in [0.25, 0.3) is 11.8 Å². The third-order valence-electron chi connectivity index (χ3n) is 11.2. The molecule has 2 aliphatic heterocycles. The summed E-state index contributed by atoms with van der Waals surface area (Å²) in [6, 6.07) is 20.7. The number of ether oxygens (including phenoxy) is 1. The van der Waals surface area contributed by atoms with Crippen molar-refractivity contribution in [3.63, 3.8) is 0 Å². The lowest BCUT2D eigenvalue weighted by Crippen LogP contribution is -2.53. The van der Waals surface area contributed by atoms with Gasteiger partial charge >= 0.3 is 5.97 Å². The van der Waals surface area contributed by atoms with Crippen LogP contribution in [0.25, 0.3) is 0 Å². The van der Waals surface area contributed by atoms with Crippen molar-refractivity contribution in [2.75, 3.05) is 17.4 Å². The van der Waals surface area contributed by atoms with E-state index < -0.39 is 70.4 Å². The van der Waals surface area contributed by atoms with E-state index in [0.717, 1.165) is 9.91 Å². The van der Waals surface area contributed by atoms with Gasteiger partial charge in [0, 0.05) is 10.9 Å². The number of methoxy groups -OCH3 is 1. The highest BCUT2D eigenvalue weighted by Crippen LogP contribution is 2.65. The molecule has 0 bridgehead atoms. The van der Waals surface area contributed by atoms with Gasteiger partial charge in [0.2, 0.25) is 11.8 Å². The third kappa shape index (κ3) is 5.24. The molecule has 2 aliphatic carbocycles. The number of carboxylic acids is 1. The molecular formula is C40H30BrClFN3O8. The number of hydrogen-bond acceptors (Lipinski definition) is 8. The van der Waals surface area contributed by atoms with Gasteiger partial charge in [0.1, 0.15) is 5.82 Å². The van der Waals surface area contributed by atoms with E-state index >= 15 is 4.79 Å². The van der Waals surface area contributed by atoms with E-state index in [1.807, 2.05) is 6.08 Å². The van der Waals surface area contributed by atoms with Crippen molar-refractivity contribution in [2.45, 2.75) is 24.2 Å². The van der Waals surface area contributed by atoms with Gasteiger partial charge in [-0.25, -0.2) is 9.18 Å². The monoisotopic (exact) mass is 813 g/mol. The molecule has 0 radical (unpaired) electrons. The summed E-state index contributed by atoms with van der Waals surface area (Å²) in [5.41, 5.74) is 3.16. The number of carbonyl (C=O) groups is 5. The molecule has 0 spiro atoms. The average molecular weight is 815 g/mol. The number of phenolic OH excluding ortho intramolecular Hbond substituents is 1. The highest BCUT2D eigenvalue weighted by atomic mass is 79.9. The van der Waals surface area contributed by atoms with Gasteiger partial charge in [-0.15, -0.1) is 0 Å². The number of phenols is 1. The summed E-state index contributed by atoms with van der Waals surface area (Å²) >= 11 is 9.79. The first-order chi connectivity index (χ1) is 25.9. The number of nitrogens with one attached hydrogen (secondary N) is 1. The summed E-state index contributed by atoms with van der Waals surface area (Å²) < 4.78 is 19.7. The van der Waals surface area contributed by atoms with Crippen LogP contribution in [-0.2, 0) is 24.6 Å². The molecule has 274 valence electrons. The van der Waals surface area contributed by atoms with Crippen LogP contribution in [0.1, 0.15) is 40.2 Å². The maximum absolute atomic E-state index is 15.3. The standard InChI is InChI=1S/C40H30BrClFN3O8/c1-54-31-17-20(16-30(41)34(31)47)33-26-13-14-27-32(37(50)45(35(27)48)25-4-2-3-19(15-25)38(51)52)28(26)18-29-36(49)46(44-24-11-9-23(43)10-12-24)39(53)40(29,33)21-5-7-22(42)8-6-21/h2-13,15-17,27-29,32-33,44,47H,14,18H2,1H3,(H,51,52)/t27-,28+,29-,32-,33-,40+/m0/s1. The zero-order chi connectivity index (χ0) is 38.2. The second-order valence-electron chi connectivity index (χ2n) is 13.8. The van der Waals surface area contributed by atoms with Crippen LogP contribution in [0, 0.1) is 29.5 Å². The predicted octanol–water partition coefficient (Wildman–Crippen LogP) is 6.84. The molecule has 4 aromatic rings. The van der Waals surface area contributed by atoms with E-state index in [4.69, 9.17) is 16.3 Å². The molecule has 54 heavy (non-hydrogen) atoms. The molecule has 6 atom stereocenters. The molecule has 4 aromatic carbocycles. The number of hydrazine groups is 1. The summed E-state index contributed by atoms with van der Waals surface area (Å²) in [6.07, 6.45) is 1.99. The Balaban J connectivity index is 1.34. The number of carbonyl (C=O) groups excluding carboxylic acids is 4. The van der Waals surface area contributed by atoms with Crippen molar-refractivity contribution in [3.05, 3.63) is 129 Å². The fourth-order valence-corrected chi connectivity index (χ4v) is 9.56. The van der Waals surface area contributed by atoms with Crippen LogP contribution in [0.15, 0.2) is 101 Å². The Kier molecular flexibility index (Phi) is 8.61. The molecule has 0 aromatic heterocycles. The highest BCUT2D eigenvalue weighted by Gasteiger charge is 2.70. The van der Waals surface area contributed by atoms with E-state index in [-0.39, 0.29) is 45.8 Å². The lowest BCUT2D eigenvalue weighted by Gasteiger charge is -2.50. The maximum Gasteiger partial charge on any atom is 0.335 e. The number of anilines is 2. The molecule has 4 amide bonds. The number of benzene rings is 4. The molecule has 0 unspecified atom stereocenters. The van der Waals surface area contributed by atoms with Gasteiger partial charge in [-0.2, -0.15) is 5.01 Å². The Bertz CT molecular complexity index is 2320. The van der Waals surface area contributed by atoms with E-state index in [1.165, 1.54) is 55.6 Å². The van der Waals surface area contributed by atoms with Crippen LogP contribution in [0.4, 0.5) is 15.8 Å². The molecule has 3 N–H and O–H groups in total. The molecule has 8 rings (SSSR count). The van der Waals surface area contributed by atoms with Crippen LogP contribution in [0.5, 0.6) is 11.5 Å². The summed E-state index contributed by atoms with van der Waals surface area (Å²) in [5.74, 6) is -8.59. The quantitative estimate of drug-likeness (QED) is 0.134. The van der Waals surface area contributed by atoms with Gasteiger partial charge in [0.15, 0.2) is 11.5 Å². The van der Waals surface area contributed by atoms with Crippen molar-refractivity contribution >= 4 is 68.5 Å². The van der Waals surface area contributed by atoms with Crippen molar-refractivity contribution in [1.29, 1.82) is 0 Å². The molecule has 14 heteroatoms. The zero-order valence-electron chi connectivity index (χ0n) is 28.3. The van der Waals surface area contributed by atoms with Gasteiger partial charge in [0.05, 0.1) is 51.7 Å². The lowest BCUT2D eigenvalue weighted by molar-refractivity contribution is -0.138. The topological polar surface area (TPSA) is 154 Å². The van der Waals surface area contributed by atoms with Crippen LogP contribution in [-0.4, -0.2) is 51.9 Å². The van der Waals surface area contributed by atoms with Gasteiger partial charge in [-0.3, -0.25) is 29.5 Å². The molecule has 1 saturated carbocycles. The number of imide groups is 2. The van der Waals surface area contributed by atoms with Crippen molar-refractivity contribution < 1.29 is 43.3 Å². The van der Waals surface area contributed by atoms with E-state index in [1.54, 1.807) is 36.4 Å². The Morgan fingerprint density at radius 1 is 0.963 bits per heavy atom. The number of rotatable bonds is 7. The number of aromatic carboxylic acids is 1. The Labute approximate surface area is 321 Å². The van der Waals surface area contributed by atoms with Gasteiger partial charge in [-0.1, -0.05) is 41.4 Å². The highest BCUT2D eigenvalue weighted by molar-refractivity contribution is 9.10. The molecule has 2 saturated heterocycles. The maximum atomic E-state index is 15.3. The molecule has 11 nitrogen and oxygen atoms in total. The number of hydrogen-bond donors (Lipinski definition) is 3. The minimum absolute atomic E-state index is 0.00326. The first kappa shape index (κ1) is 35.5. The van der Waals surface area contributed by atoms with Crippen LogP contribution >= 0.6 is 27.5 Å². The number of aromatic hydroxyl groups is 1. The molecule has 4 aliphatic rings. The lowest BCUT2D eigenvalue weighted by atomic mass is 9.49. The second-order valence-corrected chi connectivity index (χ2v) is 15.1. The largest absolute Gasteiger partial charge is 0.503 e. The normalized spacial score (nSPS) is 25.9. The Hall–Kier alpha value is -5.53. The minimum Gasteiger partial charge on any atom is -0.503 e. The SMILES string of the molecule is COc1cc([C@H]2C3=CC[C@@H]4C(=O)N(c5cccc(C(=O)O)c5)C(=O)[C@@H]4[C@@H]3C[C@H]3C(=O)N(Nc4ccc(F)cc4)C(=O)[C@@]23c2ccc(Cl)cc2)cc(Br)c1O. The summed E-state index contributed by atoms with van der Waals surface area (Å²) in [7, 11) is 1.38. The first-order valence-corrected chi connectivity index (χ1v) is 18.2. The predicted molar refractivity (Wildman–Crippen MR) is 197 cm³/mol. The number of carboxylic acid groups (broad SMARTS) is 1. The number of fused-ring (bicyclic) bond motifs is 4. The zero-order valence-corrected chi connectivity index (χ0v) is 30.7. The van der Waals surface area contributed by atoms with Gasteiger partial charge < -0.3 is 14.9 Å².